The summed E-state index contributed by atoms with van der Waals surface area (Å²) in [5.41, 5.74) is 0.794. The average Bonchev–Trinajstić information content (AvgIpc) is 2.60. The Morgan fingerprint density at radius 3 is 2.20 bits per heavy atom. The fraction of sp³-hybridized carbons (Fsp3) is 0.591. The number of hydrogen-bond donors (Lipinski definition) is 0. The second-order valence-corrected chi connectivity index (χ2v) is 13.2. The first-order valence-electron chi connectivity index (χ1n) is 9.68. The molecule has 1 fully saturated rings. The summed E-state index contributed by atoms with van der Waals surface area (Å²) < 4.78 is 6.47. The molecule has 0 amide bonds. The Balaban J connectivity index is 2.60. The van der Waals surface area contributed by atoms with Crippen molar-refractivity contribution in [3.63, 3.8) is 0 Å². The summed E-state index contributed by atoms with van der Waals surface area (Å²) in [6.07, 6.45) is 6.40. The fourth-order valence-electron chi connectivity index (χ4n) is 4.80. The molecule has 25 heavy (non-hydrogen) atoms. The molecule has 0 bridgehead atoms. The SMILES string of the molecule is C=C(C)C(=O)O[Si](c1ccccc1)(C(C)C)C(C)(C)C1CCCCC1. The number of hydrogen-bond acceptors (Lipinski definition) is 2. The Bertz CT molecular complexity index is 600. The van der Waals surface area contributed by atoms with Crippen molar-refractivity contribution >= 4 is 19.5 Å². The van der Waals surface area contributed by atoms with Gasteiger partial charge in [-0.15, -0.1) is 0 Å². The molecule has 138 valence electrons. The van der Waals surface area contributed by atoms with E-state index in [4.69, 9.17) is 4.43 Å². The van der Waals surface area contributed by atoms with E-state index in [2.05, 4.69) is 58.5 Å². The van der Waals surface area contributed by atoms with Gasteiger partial charge in [-0.05, 0) is 23.6 Å². The Morgan fingerprint density at radius 1 is 1.16 bits per heavy atom. The van der Waals surface area contributed by atoms with Crippen LogP contribution in [0.3, 0.4) is 0 Å². The van der Waals surface area contributed by atoms with E-state index >= 15 is 0 Å². The summed E-state index contributed by atoms with van der Waals surface area (Å²) in [5, 5.41) is 1.21. The van der Waals surface area contributed by atoms with Gasteiger partial charge in [0, 0.05) is 10.6 Å². The molecule has 0 aliphatic heterocycles. The van der Waals surface area contributed by atoms with Crippen LogP contribution in [0.1, 0.15) is 66.7 Å². The van der Waals surface area contributed by atoms with Gasteiger partial charge in [0.2, 0.25) is 0 Å². The van der Waals surface area contributed by atoms with Crippen molar-refractivity contribution < 1.29 is 9.22 Å². The van der Waals surface area contributed by atoms with E-state index in [1.54, 1.807) is 6.92 Å². The van der Waals surface area contributed by atoms with Gasteiger partial charge in [-0.25, -0.2) is 4.79 Å². The standard InChI is InChI=1S/C22H34O2Si/c1-17(2)21(23)24-25(18(3)4,20-15-11-8-12-16-20)22(5,6)19-13-9-7-10-14-19/h8,11-12,15-16,18-19H,1,7,9-10,13-14H2,2-6H3. The third kappa shape index (κ3) is 3.76. The molecule has 1 aromatic carbocycles. The van der Waals surface area contributed by atoms with Gasteiger partial charge in [0.05, 0.1) is 0 Å². The highest BCUT2D eigenvalue weighted by molar-refractivity contribution is 6.91. The Kier molecular flexibility index (Phi) is 6.31. The number of benzene rings is 1. The van der Waals surface area contributed by atoms with E-state index in [0.717, 1.165) is 0 Å². The van der Waals surface area contributed by atoms with Gasteiger partial charge in [-0.1, -0.05) is 96.7 Å². The Morgan fingerprint density at radius 2 is 1.72 bits per heavy atom. The average molecular weight is 359 g/mol. The topological polar surface area (TPSA) is 26.3 Å². The first kappa shape index (κ1) is 20.0. The van der Waals surface area contributed by atoms with Crippen LogP contribution in [0.5, 0.6) is 0 Å². The third-order valence-electron chi connectivity index (χ3n) is 6.20. The number of rotatable bonds is 6. The van der Waals surface area contributed by atoms with E-state index in [1.807, 2.05) is 6.07 Å². The van der Waals surface area contributed by atoms with Gasteiger partial charge in [-0.2, -0.15) is 0 Å². The summed E-state index contributed by atoms with van der Waals surface area (Å²) >= 11 is 0. The van der Waals surface area contributed by atoms with Crippen molar-refractivity contribution in [1.82, 2.24) is 0 Å². The molecule has 2 rings (SSSR count). The van der Waals surface area contributed by atoms with Crippen molar-refractivity contribution in [2.45, 2.75) is 77.3 Å². The van der Waals surface area contributed by atoms with E-state index in [0.29, 0.717) is 17.0 Å². The molecule has 0 spiro atoms. The molecular weight excluding hydrogens is 324 g/mol. The molecule has 0 radical (unpaired) electrons. The van der Waals surface area contributed by atoms with Crippen LogP contribution in [0.2, 0.25) is 10.6 Å². The Labute approximate surface area is 154 Å². The van der Waals surface area contributed by atoms with E-state index in [9.17, 15) is 4.79 Å². The zero-order valence-corrected chi connectivity index (χ0v) is 17.6. The van der Waals surface area contributed by atoms with Crippen LogP contribution < -0.4 is 5.19 Å². The molecule has 0 saturated heterocycles. The quantitative estimate of drug-likeness (QED) is 0.479. The summed E-state index contributed by atoms with van der Waals surface area (Å²) in [6, 6.07) is 10.5. The van der Waals surface area contributed by atoms with Crippen LogP contribution in [0.25, 0.3) is 0 Å². The van der Waals surface area contributed by atoms with Gasteiger partial charge < -0.3 is 4.43 Å². The second-order valence-electron chi connectivity index (χ2n) is 8.48. The van der Waals surface area contributed by atoms with Gasteiger partial charge in [-0.3, -0.25) is 0 Å². The molecule has 1 unspecified atom stereocenters. The predicted octanol–water partition coefficient (Wildman–Crippen LogP) is 5.73. The normalized spacial score (nSPS) is 18.6. The minimum absolute atomic E-state index is 0.0198. The zero-order valence-electron chi connectivity index (χ0n) is 16.6. The molecule has 0 N–H and O–H groups in total. The van der Waals surface area contributed by atoms with Crippen LogP contribution in [0.4, 0.5) is 0 Å². The highest BCUT2D eigenvalue weighted by Crippen LogP contribution is 2.54. The maximum atomic E-state index is 12.7. The van der Waals surface area contributed by atoms with Crippen molar-refractivity contribution in [3.05, 3.63) is 42.5 Å². The summed E-state index contributed by atoms with van der Waals surface area (Å²) in [6.45, 7) is 14.8. The van der Waals surface area contributed by atoms with E-state index < -0.39 is 8.32 Å². The molecule has 1 aliphatic carbocycles. The second kappa shape index (κ2) is 7.90. The van der Waals surface area contributed by atoms with E-state index in [-0.39, 0.29) is 11.0 Å². The first-order chi connectivity index (χ1) is 11.7. The van der Waals surface area contributed by atoms with E-state index in [1.165, 1.54) is 37.3 Å². The maximum Gasteiger partial charge on any atom is 0.320 e. The van der Waals surface area contributed by atoms with Gasteiger partial charge in [0.25, 0.3) is 8.32 Å². The number of carbonyl (C=O) groups excluding carboxylic acids is 1. The highest BCUT2D eigenvalue weighted by Gasteiger charge is 2.58. The summed E-state index contributed by atoms with van der Waals surface area (Å²) in [5.74, 6) is 0.376. The third-order valence-corrected chi connectivity index (χ3v) is 11.8. The zero-order chi connectivity index (χ0) is 18.7. The highest BCUT2D eigenvalue weighted by atomic mass is 28.4. The minimum Gasteiger partial charge on any atom is -0.511 e. The molecule has 1 atom stereocenters. The summed E-state index contributed by atoms with van der Waals surface area (Å²) in [4.78, 5) is 12.7. The molecule has 1 saturated carbocycles. The van der Waals surface area contributed by atoms with Crippen LogP contribution in [0.15, 0.2) is 42.5 Å². The smallest absolute Gasteiger partial charge is 0.320 e. The molecule has 1 aromatic rings. The van der Waals surface area contributed by atoms with Crippen molar-refractivity contribution in [2.24, 2.45) is 5.92 Å². The molecule has 0 aromatic heterocycles. The minimum atomic E-state index is -2.60. The lowest BCUT2D eigenvalue weighted by molar-refractivity contribution is -0.131. The fourth-order valence-corrected chi connectivity index (χ4v) is 10.4. The Hall–Kier alpha value is -1.35. The monoisotopic (exact) mass is 358 g/mol. The van der Waals surface area contributed by atoms with Gasteiger partial charge in [0.1, 0.15) is 0 Å². The molecule has 1 aliphatic rings. The number of carbonyl (C=O) groups is 1. The van der Waals surface area contributed by atoms with Crippen LogP contribution in [-0.2, 0) is 9.22 Å². The first-order valence-corrected chi connectivity index (χ1v) is 11.7. The molecular formula is C22H34O2Si. The lowest BCUT2D eigenvalue weighted by Gasteiger charge is -2.51. The van der Waals surface area contributed by atoms with Crippen molar-refractivity contribution in [3.8, 4) is 0 Å². The summed E-state index contributed by atoms with van der Waals surface area (Å²) in [7, 11) is -2.60. The maximum absolute atomic E-state index is 12.7. The van der Waals surface area contributed by atoms with Crippen molar-refractivity contribution in [1.29, 1.82) is 0 Å². The van der Waals surface area contributed by atoms with Crippen LogP contribution in [0, 0.1) is 5.92 Å². The van der Waals surface area contributed by atoms with Crippen LogP contribution >= 0.6 is 0 Å². The lowest BCUT2D eigenvalue weighted by Crippen LogP contribution is -2.63. The molecule has 2 nitrogen and oxygen atoms in total. The van der Waals surface area contributed by atoms with Crippen LogP contribution in [-0.4, -0.2) is 14.3 Å². The predicted molar refractivity (Wildman–Crippen MR) is 108 cm³/mol. The lowest BCUT2D eigenvalue weighted by atomic mass is 9.81. The van der Waals surface area contributed by atoms with Gasteiger partial charge >= 0.3 is 5.97 Å². The largest absolute Gasteiger partial charge is 0.511 e. The molecule has 0 heterocycles. The molecule has 3 heteroatoms. The van der Waals surface area contributed by atoms with Gasteiger partial charge in [0.15, 0.2) is 0 Å². The van der Waals surface area contributed by atoms with Crippen molar-refractivity contribution in [2.75, 3.05) is 0 Å².